The molecule has 0 aliphatic carbocycles. The zero-order valence-corrected chi connectivity index (χ0v) is 8.16. The molecule has 0 aromatic carbocycles. The third kappa shape index (κ3) is 3.21. The Morgan fingerprint density at radius 2 is 1.50 bits per heavy atom. The number of hydrogen-bond acceptors (Lipinski definition) is 1. The summed E-state index contributed by atoms with van der Waals surface area (Å²) in [5.41, 5.74) is 0. The van der Waals surface area contributed by atoms with Crippen molar-refractivity contribution in [3.8, 4) is 0 Å². The number of hydrogen-bond donors (Lipinski definition) is 1. The van der Waals surface area contributed by atoms with E-state index in [9.17, 15) is 0 Å². The van der Waals surface area contributed by atoms with Crippen LogP contribution < -0.4 is 5.32 Å². The number of nitrogens with one attached hydrogen (secondary N) is 1. The second-order valence-corrected chi connectivity index (χ2v) is 0.947. The van der Waals surface area contributed by atoms with Crippen molar-refractivity contribution in [2.75, 3.05) is 13.1 Å². The first kappa shape index (κ1) is 10.1. The molecule has 0 radical (unpaired) electrons. The largest absolute Gasteiger partial charge is 2.00 e. The summed E-state index contributed by atoms with van der Waals surface area (Å²) in [6.07, 6.45) is 2.19. The molecular formula is C4H9NU. The molecule has 1 fully saturated rings. The van der Waals surface area contributed by atoms with Crippen LogP contribution in [0.1, 0.15) is 0 Å². The van der Waals surface area contributed by atoms with Crippen LogP contribution in [-0.2, 0) is 0 Å². The zero-order valence-electron chi connectivity index (χ0n) is 3.99. The van der Waals surface area contributed by atoms with Gasteiger partial charge in [0, 0.05) is 0 Å². The van der Waals surface area contributed by atoms with Crippen molar-refractivity contribution in [3.63, 3.8) is 0 Å². The van der Waals surface area contributed by atoms with Gasteiger partial charge in [0.25, 0.3) is 0 Å². The van der Waals surface area contributed by atoms with Crippen molar-refractivity contribution in [1.29, 1.82) is 0 Å². The van der Waals surface area contributed by atoms with Gasteiger partial charge in [-0.15, -0.1) is 13.1 Å². The van der Waals surface area contributed by atoms with Gasteiger partial charge in [0.05, 0.1) is 0 Å². The predicted octanol–water partition coefficient (Wildman–Crippen LogP) is 0.244. The van der Waals surface area contributed by atoms with Gasteiger partial charge in [-0.2, -0.15) is 0 Å². The maximum absolute atomic E-state index is 3.06. The minimum atomic E-state index is 0. The molecule has 0 atom stereocenters. The van der Waals surface area contributed by atoms with Crippen LogP contribution in [0.2, 0.25) is 0 Å². The van der Waals surface area contributed by atoms with E-state index in [0.29, 0.717) is 0 Å². The molecule has 0 unspecified atom stereocenters. The average molecular weight is 309 g/mol. The molecule has 34 valence electrons. The second kappa shape index (κ2) is 6.01. The summed E-state index contributed by atoms with van der Waals surface area (Å²) in [4.78, 5) is 0. The van der Waals surface area contributed by atoms with Gasteiger partial charge in [0.15, 0.2) is 0 Å². The first-order valence-electron chi connectivity index (χ1n) is 1.52. The summed E-state index contributed by atoms with van der Waals surface area (Å²) < 4.78 is 0. The quantitative estimate of drug-likeness (QED) is 0.633. The summed E-state index contributed by atoms with van der Waals surface area (Å²) in [5.74, 6) is 0. The fraction of sp³-hybridized carbons (Fsp3) is 0.500. The van der Waals surface area contributed by atoms with Crippen molar-refractivity contribution in [2.45, 2.75) is 0 Å². The van der Waals surface area contributed by atoms with Crippen LogP contribution in [-0.4, -0.2) is 13.1 Å². The fourth-order valence-corrected chi connectivity index (χ4v) is 0.144. The van der Waals surface area contributed by atoms with Gasteiger partial charge in [0.1, 0.15) is 0 Å². The second-order valence-electron chi connectivity index (χ2n) is 0.947. The van der Waals surface area contributed by atoms with E-state index in [-0.39, 0.29) is 38.5 Å². The van der Waals surface area contributed by atoms with E-state index in [2.05, 4.69) is 11.7 Å². The zero-order chi connectivity index (χ0) is 2.83. The maximum atomic E-state index is 3.06. The van der Waals surface area contributed by atoms with Gasteiger partial charge in [-0.1, -0.05) is 0 Å². The third-order valence-corrected chi connectivity index (χ3v) is 0.577. The topological polar surface area (TPSA) is 12.0 Å². The third-order valence-electron chi connectivity index (χ3n) is 0.577. The Balaban J connectivity index is 0. The van der Waals surface area contributed by atoms with E-state index in [0.717, 1.165) is 13.1 Å². The molecule has 2 heteroatoms. The van der Waals surface area contributed by atoms with E-state index in [1.807, 2.05) is 0 Å². The van der Waals surface area contributed by atoms with Crippen LogP contribution in [0.25, 0.3) is 0 Å². The van der Waals surface area contributed by atoms with Crippen LogP contribution in [0.4, 0.5) is 0 Å². The molecule has 1 aliphatic rings. The molecule has 1 nitrogen and oxygen atoms in total. The Morgan fingerprint density at radius 1 is 1.33 bits per heavy atom. The van der Waals surface area contributed by atoms with Gasteiger partial charge < -0.3 is 19.2 Å². The van der Waals surface area contributed by atoms with Gasteiger partial charge in [-0.05, 0) is 0 Å². The summed E-state index contributed by atoms with van der Waals surface area (Å²) in [5, 5.41) is 3.06. The molecule has 1 heterocycles. The Morgan fingerprint density at radius 3 is 1.50 bits per heavy atom. The van der Waals surface area contributed by atoms with Gasteiger partial charge >= 0.3 is 31.1 Å². The molecular weight excluding hydrogens is 300 g/mol. The maximum Gasteiger partial charge on any atom is 2.00 e. The van der Waals surface area contributed by atoms with E-state index in [1.165, 1.54) is 0 Å². The Hall–Kier alpha value is 1.01. The van der Waals surface area contributed by atoms with Crippen molar-refractivity contribution in [2.24, 2.45) is 0 Å². The van der Waals surface area contributed by atoms with Gasteiger partial charge in [-0.3, -0.25) is 0 Å². The van der Waals surface area contributed by atoms with Crippen molar-refractivity contribution in [1.82, 2.24) is 5.32 Å². The molecule has 0 aromatic heterocycles. The van der Waals surface area contributed by atoms with Gasteiger partial charge in [0.2, 0.25) is 0 Å². The summed E-state index contributed by atoms with van der Waals surface area (Å²) >= 11 is 0. The van der Waals surface area contributed by atoms with Crippen LogP contribution in [0, 0.1) is 45.0 Å². The Kier molecular flexibility index (Phi) is 10.1. The van der Waals surface area contributed by atoms with Crippen LogP contribution in [0.3, 0.4) is 0 Å². The summed E-state index contributed by atoms with van der Waals surface area (Å²) in [6.45, 7) is 2.25. The van der Waals surface area contributed by atoms with E-state index < -0.39 is 0 Å². The summed E-state index contributed by atoms with van der Waals surface area (Å²) in [7, 11) is 0. The Bertz CT molecular complexity index is 15.5. The first-order chi connectivity index (χ1) is 2.00. The normalized spacial score (nSPS) is 16.0. The smallest absolute Gasteiger partial charge is 0.376 e. The van der Waals surface area contributed by atoms with Crippen molar-refractivity contribution in [3.05, 3.63) is 13.8 Å². The monoisotopic (exact) mass is 309 g/mol. The molecule has 1 saturated heterocycles. The molecule has 0 aromatic rings. The first-order valence-corrected chi connectivity index (χ1v) is 1.52. The molecule has 1 rings (SSSR count). The predicted molar refractivity (Wildman–Crippen MR) is 23.6 cm³/mol. The van der Waals surface area contributed by atoms with Crippen LogP contribution in [0.15, 0.2) is 0 Å². The van der Waals surface area contributed by atoms with Gasteiger partial charge in [-0.25, -0.2) is 0 Å². The van der Waals surface area contributed by atoms with E-state index in [1.54, 1.807) is 0 Å². The molecule has 6 heavy (non-hydrogen) atoms. The standard InChI is InChI=1S/C3H6N.CH3.U/c1-2-4-3-1;;/h1,4H,2-3H2;1H3;/q2*-1;+2. The average Bonchev–Trinajstić information content (AvgIpc) is 0.722. The molecule has 0 saturated carbocycles. The van der Waals surface area contributed by atoms with E-state index >= 15 is 0 Å². The minimum Gasteiger partial charge on any atom is -0.376 e. The Labute approximate surface area is 63.3 Å². The molecule has 0 amide bonds. The molecule has 0 spiro atoms. The molecule has 0 bridgehead atoms. The summed E-state index contributed by atoms with van der Waals surface area (Å²) in [6, 6.07) is 0. The minimum absolute atomic E-state index is 0. The molecule has 1 aliphatic heterocycles. The van der Waals surface area contributed by atoms with Crippen molar-refractivity contribution >= 4 is 0 Å². The molecule has 1 N–H and O–H groups in total. The van der Waals surface area contributed by atoms with Crippen LogP contribution in [0.5, 0.6) is 0 Å². The van der Waals surface area contributed by atoms with Crippen molar-refractivity contribution < 1.29 is 31.1 Å². The van der Waals surface area contributed by atoms with E-state index in [4.69, 9.17) is 0 Å². The SMILES string of the molecule is [CH-]1CNC1.[CH3-].[U+2]. The van der Waals surface area contributed by atoms with Crippen LogP contribution >= 0.6 is 0 Å². The number of rotatable bonds is 0. The fourth-order valence-electron chi connectivity index (χ4n) is 0.144.